The number of rotatable bonds is 11. The molecular weight excluding hydrogens is 567 g/mol. The molecule has 4 rings (SSSR count). The van der Waals surface area contributed by atoms with Crippen LogP contribution in [0, 0.1) is 6.92 Å². The van der Waals surface area contributed by atoms with Gasteiger partial charge in [-0.1, -0.05) is 0 Å². The van der Waals surface area contributed by atoms with Crippen LogP contribution in [0.15, 0.2) is 30.3 Å². The fourth-order valence-corrected chi connectivity index (χ4v) is 3.45. The molecule has 0 spiro atoms. The highest BCUT2D eigenvalue weighted by Crippen LogP contribution is 2.33. The molecule has 0 amide bonds. The molecule has 0 radical (unpaired) electrons. The molecule has 0 aliphatic heterocycles. The van der Waals surface area contributed by atoms with Crippen molar-refractivity contribution in [3.8, 4) is 23.1 Å². The lowest BCUT2D eigenvalue weighted by Gasteiger charge is -2.12. The van der Waals surface area contributed by atoms with Gasteiger partial charge in [0.25, 0.3) is 0 Å². The van der Waals surface area contributed by atoms with E-state index >= 15 is 0 Å². The number of benzene rings is 2. The Kier molecular flexibility index (Phi) is 10.8. The number of hydrazine groups is 1. The number of carboxylic acids is 1. The van der Waals surface area contributed by atoms with E-state index in [0.29, 0.717) is 53.4 Å². The highest BCUT2D eigenvalue weighted by Gasteiger charge is 2.38. The van der Waals surface area contributed by atoms with Gasteiger partial charge >= 0.3 is 12.1 Å². The monoisotopic (exact) mass is 595 g/mol. The summed E-state index contributed by atoms with van der Waals surface area (Å²) in [6.45, 7) is 3.28. The Labute approximate surface area is 236 Å². The van der Waals surface area contributed by atoms with Crippen LogP contribution in [-0.2, 0) is 4.79 Å². The molecular formula is C25H28F3N7O7. The van der Waals surface area contributed by atoms with Crippen molar-refractivity contribution in [2.24, 2.45) is 0 Å². The van der Waals surface area contributed by atoms with Gasteiger partial charge in [-0.3, -0.25) is 16.2 Å². The van der Waals surface area contributed by atoms with Crippen molar-refractivity contribution in [1.29, 1.82) is 0 Å². The molecule has 14 nitrogen and oxygen atoms in total. The summed E-state index contributed by atoms with van der Waals surface area (Å²) in [4.78, 5) is 26.5. The molecule has 0 bridgehead atoms. The molecule has 4 aromatic rings. The van der Waals surface area contributed by atoms with Crippen molar-refractivity contribution in [3.05, 3.63) is 36.0 Å². The summed E-state index contributed by atoms with van der Waals surface area (Å²) in [6.07, 6.45) is -5.08. The molecule has 0 atom stereocenters. The number of aryl methyl sites for hydroxylation is 1. The number of alkyl halides is 3. The van der Waals surface area contributed by atoms with E-state index in [4.69, 9.17) is 29.2 Å². The topological polar surface area (TPSA) is 193 Å². The van der Waals surface area contributed by atoms with Crippen molar-refractivity contribution in [2.75, 3.05) is 45.8 Å². The standard InChI is InChI=1S/C23H27N7O5.C2HF3O2/c1-13-15-11-19(33-2)20(34-3)12-18(15)28-22(26-13)30-23-27-17-5-4-14(10-16(17)21(32)29-23)35-9-7-25-24-6-8-31;3-2(4,5)1(6)7/h4-5,10-12,24-25,31H,6-9H2,1-3H3,(H2,26,27,28,29,30,32);(H,6,7). The molecule has 42 heavy (non-hydrogen) atoms. The lowest BCUT2D eigenvalue weighted by Crippen LogP contribution is -2.36. The predicted octanol–water partition coefficient (Wildman–Crippen LogP) is 2.45. The van der Waals surface area contributed by atoms with E-state index in [1.807, 2.05) is 13.0 Å². The predicted molar refractivity (Wildman–Crippen MR) is 144 cm³/mol. The highest BCUT2D eigenvalue weighted by molar-refractivity contribution is 5.87. The highest BCUT2D eigenvalue weighted by atomic mass is 19.4. The Hall–Kier alpha value is -4.74. The van der Waals surface area contributed by atoms with Crippen LogP contribution in [0.5, 0.6) is 23.1 Å². The normalized spacial score (nSPS) is 11.1. The second-order valence-corrected chi connectivity index (χ2v) is 8.26. The van der Waals surface area contributed by atoms with E-state index < -0.39 is 12.1 Å². The van der Waals surface area contributed by atoms with Crippen LogP contribution in [0.4, 0.5) is 25.1 Å². The van der Waals surface area contributed by atoms with Crippen molar-refractivity contribution >= 4 is 39.7 Å². The summed E-state index contributed by atoms with van der Waals surface area (Å²) in [7, 11) is 3.14. The number of hydrogen-bond acceptors (Lipinski definition) is 13. The quantitative estimate of drug-likeness (QED) is 0.109. The number of fused-ring (bicyclic) bond motifs is 2. The molecule has 0 unspecified atom stereocenters. The van der Waals surface area contributed by atoms with Gasteiger partial charge in [-0.05, 0) is 31.2 Å². The molecule has 0 saturated carbocycles. The summed E-state index contributed by atoms with van der Waals surface area (Å²) in [6, 6.07) is 8.76. The maximum atomic E-state index is 10.6. The number of aliphatic hydroxyl groups is 1. The van der Waals surface area contributed by atoms with Gasteiger partial charge in [-0.2, -0.15) is 18.2 Å². The van der Waals surface area contributed by atoms with Gasteiger partial charge in [-0.25, -0.2) is 19.7 Å². The number of aromatic nitrogens is 4. The smallest absolute Gasteiger partial charge is 0.490 e. The largest absolute Gasteiger partial charge is 0.493 e. The summed E-state index contributed by atoms with van der Waals surface area (Å²) in [5, 5.41) is 30.6. The van der Waals surface area contributed by atoms with Crippen molar-refractivity contribution < 1.29 is 47.5 Å². The van der Waals surface area contributed by atoms with Gasteiger partial charge < -0.3 is 29.5 Å². The number of carboxylic acid groups (broad SMARTS) is 1. The van der Waals surface area contributed by atoms with Crippen LogP contribution in [0.25, 0.3) is 21.8 Å². The first-order valence-corrected chi connectivity index (χ1v) is 12.1. The maximum Gasteiger partial charge on any atom is 0.490 e. The van der Waals surface area contributed by atoms with E-state index in [0.717, 1.165) is 11.1 Å². The Morgan fingerprint density at radius 3 is 2.17 bits per heavy atom. The molecule has 17 heteroatoms. The van der Waals surface area contributed by atoms with E-state index in [2.05, 4.69) is 36.1 Å². The minimum Gasteiger partial charge on any atom is -0.493 e. The SMILES string of the molecule is COc1cc2nc(Nc3nc(O)c4cc(OCCNNCCO)ccc4n3)nc(C)c2cc1OC.O=C(O)C(F)(F)F. The third-order valence-corrected chi connectivity index (χ3v) is 5.36. The minimum absolute atomic E-state index is 0.0469. The third kappa shape index (κ3) is 8.38. The fourth-order valence-electron chi connectivity index (χ4n) is 3.45. The number of halogens is 3. The van der Waals surface area contributed by atoms with Crippen LogP contribution in [-0.4, -0.2) is 87.9 Å². The van der Waals surface area contributed by atoms with Crippen LogP contribution in [0.3, 0.4) is 0 Å². The molecule has 0 aliphatic carbocycles. The van der Waals surface area contributed by atoms with Gasteiger partial charge in [-0.15, -0.1) is 0 Å². The number of nitrogens with zero attached hydrogens (tertiary/aromatic N) is 4. The van der Waals surface area contributed by atoms with E-state index in [1.165, 1.54) is 0 Å². The first-order chi connectivity index (χ1) is 20.0. The zero-order valence-corrected chi connectivity index (χ0v) is 22.6. The summed E-state index contributed by atoms with van der Waals surface area (Å²) in [5.74, 6) is -0.807. The van der Waals surface area contributed by atoms with Gasteiger partial charge in [0.2, 0.25) is 17.8 Å². The number of anilines is 2. The number of hydrogen-bond donors (Lipinski definition) is 6. The van der Waals surface area contributed by atoms with Crippen LogP contribution in [0.1, 0.15) is 5.69 Å². The molecule has 0 aliphatic rings. The molecule has 2 heterocycles. The Balaban J connectivity index is 0.000000616. The number of aliphatic hydroxyl groups excluding tert-OH is 1. The number of aromatic hydroxyl groups is 1. The lowest BCUT2D eigenvalue weighted by atomic mass is 10.1. The van der Waals surface area contributed by atoms with E-state index in [1.54, 1.807) is 38.5 Å². The Morgan fingerprint density at radius 2 is 1.52 bits per heavy atom. The van der Waals surface area contributed by atoms with E-state index in [-0.39, 0.29) is 24.4 Å². The summed E-state index contributed by atoms with van der Waals surface area (Å²) >= 11 is 0. The molecule has 2 aromatic carbocycles. The van der Waals surface area contributed by atoms with Gasteiger partial charge in [0.05, 0.1) is 42.9 Å². The number of nitrogens with one attached hydrogen (secondary N) is 3. The van der Waals surface area contributed by atoms with Gasteiger partial charge in [0.15, 0.2) is 11.5 Å². The first-order valence-electron chi connectivity index (χ1n) is 12.1. The summed E-state index contributed by atoms with van der Waals surface area (Å²) < 4.78 is 48.1. The van der Waals surface area contributed by atoms with Crippen molar-refractivity contribution in [1.82, 2.24) is 30.8 Å². The van der Waals surface area contributed by atoms with Crippen LogP contribution in [0.2, 0.25) is 0 Å². The molecule has 6 N–H and O–H groups in total. The van der Waals surface area contributed by atoms with Gasteiger partial charge in [0, 0.05) is 24.5 Å². The number of methoxy groups -OCH3 is 2. The number of ether oxygens (including phenoxy) is 3. The maximum absolute atomic E-state index is 10.6. The van der Waals surface area contributed by atoms with E-state index in [9.17, 15) is 18.3 Å². The van der Waals surface area contributed by atoms with Crippen molar-refractivity contribution in [2.45, 2.75) is 13.1 Å². The second-order valence-electron chi connectivity index (χ2n) is 8.26. The zero-order chi connectivity index (χ0) is 30.9. The Morgan fingerprint density at radius 1 is 0.905 bits per heavy atom. The molecule has 0 saturated heterocycles. The first kappa shape index (κ1) is 31.8. The fraction of sp³-hybridized carbons (Fsp3) is 0.320. The average molecular weight is 596 g/mol. The van der Waals surface area contributed by atoms with Gasteiger partial charge in [0.1, 0.15) is 12.4 Å². The molecule has 226 valence electrons. The van der Waals surface area contributed by atoms with Crippen molar-refractivity contribution in [3.63, 3.8) is 0 Å². The Bertz CT molecular complexity index is 1540. The minimum atomic E-state index is -5.08. The zero-order valence-electron chi connectivity index (χ0n) is 22.6. The number of aliphatic carboxylic acids is 1. The second kappa shape index (κ2) is 14.2. The molecule has 0 fully saturated rings. The molecule has 2 aromatic heterocycles. The average Bonchev–Trinajstić information content (AvgIpc) is 2.94. The lowest BCUT2D eigenvalue weighted by molar-refractivity contribution is -0.192. The van der Waals surface area contributed by atoms with Crippen LogP contribution >= 0.6 is 0 Å². The summed E-state index contributed by atoms with van der Waals surface area (Å²) in [5.41, 5.74) is 7.67. The van der Waals surface area contributed by atoms with Crippen LogP contribution < -0.4 is 30.4 Å². The number of carbonyl (C=O) groups is 1. The third-order valence-electron chi connectivity index (χ3n) is 5.36.